The molecule has 1 saturated heterocycles. The van der Waals surface area contributed by atoms with Crippen molar-refractivity contribution < 1.29 is 18.7 Å². The lowest BCUT2D eigenvalue weighted by molar-refractivity contribution is -0.135. The first kappa shape index (κ1) is 23.6. The summed E-state index contributed by atoms with van der Waals surface area (Å²) in [5.74, 6) is 0.852. The zero-order valence-corrected chi connectivity index (χ0v) is 19.0. The van der Waals surface area contributed by atoms with E-state index in [1.807, 2.05) is 12.1 Å². The number of nitrogens with one attached hydrogen (secondary N) is 2. The summed E-state index contributed by atoms with van der Waals surface area (Å²) in [7, 11) is 0. The van der Waals surface area contributed by atoms with E-state index in [9.17, 15) is 14.0 Å². The predicted octanol–water partition coefficient (Wildman–Crippen LogP) is 4.70. The van der Waals surface area contributed by atoms with E-state index in [1.54, 1.807) is 11.0 Å². The van der Waals surface area contributed by atoms with Gasteiger partial charge >= 0.3 is 6.03 Å². The SMILES string of the molecule is Cc1cc(OCC(=O)N2CCCC(CNC(=O)Nc3cccc(F)c3)C2)ccc1C(C)C. The highest BCUT2D eigenvalue weighted by atomic mass is 19.1. The van der Waals surface area contributed by atoms with Crippen molar-refractivity contribution in [2.75, 3.05) is 31.6 Å². The van der Waals surface area contributed by atoms with Crippen LogP contribution in [-0.4, -0.2) is 43.1 Å². The molecular formula is C25H32FN3O3. The number of hydrogen-bond acceptors (Lipinski definition) is 3. The number of amides is 3. The fraction of sp³-hybridized carbons (Fsp3) is 0.440. The fourth-order valence-electron chi connectivity index (χ4n) is 4.06. The maximum absolute atomic E-state index is 13.2. The maximum atomic E-state index is 13.2. The van der Waals surface area contributed by atoms with Crippen LogP contribution in [0.1, 0.15) is 43.7 Å². The lowest BCUT2D eigenvalue weighted by Crippen LogP contribution is -2.45. The van der Waals surface area contributed by atoms with Crippen molar-refractivity contribution in [3.05, 3.63) is 59.4 Å². The maximum Gasteiger partial charge on any atom is 0.319 e. The third-order valence-corrected chi connectivity index (χ3v) is 5.73. The van der Waals surface area contributed by atoms with Crippen LogP contribution in [0.15, 0.2) is 42.5 Å². The van der Waals surface area contributed by atoms with Crippen LogP contribution in [0.3, 0.4) is 0 Å². The van der Waals surface area contributed by atoms with Crippen molar-refractivity contribution >= 4 is 17.6 Å². The topological polar surface area (TPSA) is 70.7 Å². The second-order valence-electron chi connectivity index (χ2n) is 8.66. The Hall–Kier alpha value is -3.09. The van der Waals surface area contributed by atoms with E-state index in [0.717, 1.165) is 18.4 Å². The second kappa shape index (κ2) is 11.0. The van der Waals surface area contributed by atoms with E-state index in [-0.39, 0.29) is 24.5 Å². The molecule has 1 heterocycles. The molecule has 2 aromatic rings. The molecule has 1 aliphatic heterocycles. The van der Waals surface area contributed by atoms with E-state index in [1.165, 1.54) is 23.8 Å². The first-order chi connectivity index (χ1) is 15.3. The lowest BCUT2D eigenvalue weighted by atomic mass is 9.98. The Kier molecular flexibility index (Phi) is 8.09. The summed E-state index contributed by atoms with van der Waals surface area (Å²) in [6.07, 6.45) is 1.81. The Morgan fingerprint density at radius 2 is 2.03 bits per heavy atom. The van der Waals surface area contributed by atoms with Crippen LogP contribution in [0.4, 0.5) is 14.9 Å². The minimum atomic E-state index is -0.405. The molecule has 0 spiro atoms. The molecule has 6 nitrogen and oxygen atoms in total. The summed E-state index contributed by atoms with van der Waals surface area (Å²) in [6, 6.07) is 11.3. The standard InChI is InChI=1S/C25H32FN3O3/c1-17(2)23-10-9-22(12-18(23)3)32-16-24(30)29-11-5-6-19(15-29)14-27-25(31)28-21-8-4-7-20(26)13-21/h4,7-10,12-13,17,19H,5-6,11,14-16H2,1-3H3,(H2,27,28,31). The van der Waals surface area contributed by atoms with Crippen LogP contribution < -0.4 is 15.4 Å². The minimum absolute atomic E-state index is 0.000666. The molecule has 0 bridgehead atoms. The molecule has 2 N–H and O–H groups in total. The Balaban J connectivity index is 1.44. The zero-order valence-electron chi connectivity index (χ0n) is 19.0. The molecule has 0 aliphatic carbocycles. The number of likely N-dealkylation sites (tertiary alicyclic amines) is 1. The van der Waals surface area contributed by atoms with Gasteiger partial charge in [-0.05, 0) is 73.1 Å². The number of ether oxygens (including phenoxy) is 1. The highest BCUT2D eigenvalue weighted by Gasteiger charge is 2.24. The Morgan fingerprint density at radius 1 is 1.22 bits per heavy atom. The number of nitrogens with zero attached hydrogens (tertiary/aromatic N) is 1. The van der Waals surface area contributed by atoms with Crippen molar-refractivity contribution in [3.8, 4) is 5.75 Å². The zero-order chi connectivity index (χ0) is 23.1. The normalized spacial score (nSPS) is 16.0. The number of urea groups is 1. The number of aryl methyl sites for hydroxylation is 1. The third-order valence-electron chi connectivity index (χ3n) is 5.73. The molecule has 1 unspecified atom stereocenters. The van der Waals surface area contributed by atoms with Crippen LogP contribution in [0.25, 0.3) is 0 Å². The Morgan fingerprint density at radius 3 is 2.75 bits per heavy atom. The van der Waals surface area contributed by atoms with Crippen molar-refractivity contribution in [1.82, 2.24) is 10.2 Å². The summed E-state index contributed by atoms with van der Waals surface area (Å²) in [5, 5.41) is 5.44. The smallest absolute Gasteiger partial charge is 0.319 e. The number of benzene rings is 2. The number of anilines is 1. The minimum Gasteiger partial charge on any atom is -0.484 e. The molecule has 32 heavy (non-hydrogen) atoms. The van der Waals surface area contributed by atoms with Crippen LogP contribution in [0, 0.1) is 18.7 Å². The van der Waals surface area contributed by atoms with E-state index < -0.39 is 5.82 Å². The monoisotopic (exact) mass is 441 g/mol. The van der Waals surface area contributed by atoms with Gasteiger partial charge in [-0.3, -0.25) is 4.79 Å². The predicted molar refractivity (Wildman–Crippen MR) is 123 cm³/mol. The number of carbonyl (C=O) groups excluding carboxylic acids is 2. The fourth-order valence-corrected chi connectivity index (χ4v) is 4.06. The number of carbonyl (C=O) groups is 2. The highest BCUT2D eigenvalue weighted by molar-refractivity contribution is 5.89. The summed E-state index contributed by atoms with van der Waals surface area (Å²) in [4.78, 5) is 26.5. The van der Waals surface area contributed by atoms with Crippen LogP contribution in [0.2, 0.25) is 0 Å². The van der Waals surface area contributed by atoms with Crippen LogP contribution in [-0.2, 0) is 4.79 Å². The largest absolute Gasteiger partial charge is 0.484 e. The highest BCUT2D eigenvalue weighted by Crippen LogP contribution is 2.24. The number of rotatable bonds is 7. The van der Waals surface area contributed by atoms with Gasteiger partial charge in [-0.25, -0.2) is 9.18 Å². The summed E-state index contributed by atoms with van der Waals surface area (Å²) in [6.45, 7) is 8.07. The number of halogens is 1. The molecule has 172 valence electrons. The average molecular weight is 442 g/mol. The van der Waals surface area contributed by atoms with Gasteiger partial charge in [0.25, 0.3) is 5.91 Å². The number of piperidine rings is 1. The van der Waals surface area contributed by atoms with Gasteiger partial charge in [-0.1, -0.05) is 26.0 Å². The van der Waals surface area contributed by atoms with Crippen molar-refractivity contribution in [3.63, 3.8) is 0 Å². The van der Waals surface area contributed by atoms with E-state index in [0.29, 0.717) is 37.0 Å². The molecule has 0 radical (unpaired) electrons. The summed E-state index contributed by atoms with van der Waals surface area (Å²) >= 11 is 0. The van der Waals surface area contributed by atoms with E-state index >= 15 is 0 Å². The van der Waals surface area contributed by atoms with Crippen LogP contribution in [0.5, 0.6) is 5.75 Å². The third kappa shape index (κ3) is 6.70. The molecule has 3 rings (SSSR count). The number of hydrogen-bond donors (Lipinski definition) is 2. The van der Waals surface area contributed by atoms with Gasteiger partial charge in [0.2, 0.25) is 0 Å². The average Bonchev–Trinajstić information content (AvgIpc) is 2.76. The van der Waals surface area contributed by atoms with Gasteiger partial charge in [-0.2, -0.15) is 0 Å². The second-order valence-corrected chi connectivity index (χ2v) is 8.66. The molecule has 1 aliphatic rings. The van der Waals surface area contributed by atoms with Crippen LogP contribution >= 0.6 is 0 Å². The van der Waals surface area contributed by atoms with E-state index in [2.05, 4.69) is 37.5 Å². The van der Waals surface area contributed by atoms with Crippen molar-refractivity contribution in [1.29, 1.82) is 0 Å². The Labute approximate surface area is 189 Å². The lowest BCUT2D eigenvalue weighted by Gasteiger charge is -2.32. The molecule has 0 aromatic heterocycles. The summed E-state index contributed by atoms with van der Waals surface area (Å²) < 4.78 is 19.0. The first-order valence-electron chi connectivity index (χ1n) is 11.1. The van der Waals surface area contributed by atoms with Crippen molar-refractivity contribution in [2.24, 2.45) is 5.92 Å². The van der Waals surface area contributed by atoms with Crippen molar-refractivity contribution in [2.45, 2.75) is 39.5 Å². The molecule has 1 atom stereocenters. The van der Waals surface area contributed by atoms with E-state index in [4.69, 9.17) is 4.74 Å². The molecule has 0 saturated carbocycles. The Bertz CT molecular complexity index is 948. The van der Waals surface area contributed by atoms with Gasteiger partial charge < -0.3 is 20.3 Å². The molecular weight excluding hydrogens is 409 g/mol. The van der Waals surface area contributed by atoms with Gasteiger partial charge in [0.05, 0.1) is 0 Å². The molecule has 2 aromatic carbocycles. The van der Waals surface area contributed by atoms with Gasteiger partial charge in [0.15, 0.2) is 6.61 Å². The first-order valence-corrected chi connectivity index (χ1v) is 11.1. The van der Waals surface area contributed by atoms with Gasteiger partial charge in [0.1, 0.15) is 11.6 Å². The quantitative estimate of drug-likeness (QED) is 0.655. The molecule has 3 amide bonds. The molecule has 1 fully saturated rings. The van der Waals surface area contributed by atoms with Gasteiger partial charge in [-0.15, -0.1) is 0 Å². The molecule has 7 heteroatoms. The summed E-state index contributed by atoms with van der Waals surface area (Å²) in [5.41, 5.74) is 2.83. The van der Waals surface area contributed by atoms with Gasteiger partial charge in [0, 0.05) is 25.3 Å².